The predicted octanol–water partition coefficient (Wildman–Crippen LogP) is 0.000400. The molecule has 0 rings (SSSR count). The van der Waals surface area contributed by atoms with E-state index in [0.717, 1.165) is 0 Å². The van der Waals surface area contributed by atoms with Gasteiger partial charge in [-0.25, -0.2) is 8.42 Å². The molecule has 0 radical (unpaired) electrons. The molecule has 5 N–H and O–H groups in total. The van der Waals surface area contributed by atoms with Crippen LogP contribution >= 0.6 is 0 Å². The van der Waals surface area contributed by atoms with Gasteiger partial charge in [-0.2, -0.15) is 0 Å². The van der Waals surface area contributed by atoms with Crippen molar-refractivity contribution in [1.29, 1.82) is 0 Å². The molecule has 0 aromatic heterocycles. The van der Waals surface area contributed by atoms with Crippen LogP contribution in [-0.4, -0.2) is 30.8 Å². The van der Waals surface area contributed by atoms with Crippen LogP contribution in [0.5, 0.6) is 0 Å². The third-order valence-electron chi connectivity index (χ3n) is 1.16. The minimum Gasteiger partial charge on any atom is -0.726 e. The molecule has 0 aromatic carbocycles. The lowest BCUT2D eigenvalue weighted by atomic mass is 10.2. The highest BCUT2D eigenvalue weighted by atomic mass is 32.3. The van der Waals surface area contributed by atoms with Gasteiger partial charge in [-0.3, -0.25) is 4.18 Å². The zero-order valence-electron chi connectivity index (χ0n) is 7.19. The molecular formula is C5H15NO5S. The summed E-state index contributed by atoms with van der Waals surface area (Å²) in [7, 11) is -4.62. The highest BCUT2D eigenvalue weighted by Crippen LogP contribution is 2.05. The minimum absolute atomic E-state index is 0. The molecule has 12 heavy (non-hydrogen) atoms. The van der Waals surface area contributed by atoms with E-state index in [-0.39, 0.29) is 19.2 Å². The topological polar surface area (TPSA) is 123 Å². The van der Waals surface area contributed by atoms with Crippen molar-refractivity contribution in [2.75, 3.05) is 6.61 Å². The quantitative estimate of drug-likeness (QED) is 0.478. The summed E-state index contributed by atoms with van der Waals surface area (Å²) >= 11 is 0. The Labute approximate surface area is 72.1 Å². The first-order chi connectivity index (χ1) is 4.99. The molecule has 0 aliphatic rings. The van der Waals surface area contributed by atoms with Gasteiger partial charge in [-0.15, -0.1) is 0 Å². The van der Waals surface area contributed by atoms with Gasteiger partial charge in [0.25, 0.3) is 0 Å². The van der Waals surface area contributed by atoms with Crippen molar-refractivity contribution in [2.45, 2.75) is 25.9 Å². The maximum absolute atomic E-state index is 10.0. The van der Waals surface area contributed by atoms with E-state index in [1.165, 1.54) is 0 Å². The average molecular weight is 201 g/mol. The number of rotatable bonds is 5. The third-order valence-corrected chi connectivity index (χ3v) is 1.67. The van der Waals surface area contributed by atoms with Crippen molar-refractivity contribution in [3.05, 3.63) is 0 Å². The highest BCUT2D eigenvalue weighted by molar-refractivity contribution is 7.80. The zero-order valence-corrected chi connectivity index (χ0v) is 8.00. The Morgan fingerprint density at radius 3 is 2.33 bits per heavy atom. The van der Waals surface area contributed by atoms with E-state index in [1.54, 1.807) is 6.92 Å². The Kier molecular flexibility index (Phi) is 7.54. The second-order valence-electron chi connectivity index (χ2n) is 2.05. The number of aliphatic hydroxyl groups is 1. The highest BCUT2D eigenvalue weighted by Gasteiger charge is 2.08. The van der Waals surface area contributed by atoms with Crippen molar-refractivity contribution >= 4 is 10.4 Å². The molecule has 0 amide bonds. The van der Waals surface area contributed by atoms with Crippen LogP contribution in [0.2, 0.25) is 0 Å². The van der Waals surface area contributed by atoms with Gasteiger partial charge < -0.3 is 15.8 Å². The summed E-state index contributed by atoms with van der Waals surface area (Å²) in [5, 5.41) is 8.39. The second-order valence-corrected chi connectivity index (χ2v) is 3.06. The lowest BCUT2D eigenvalue weighted by Crippen LogP contribution is -2.18. The Hall–Kier alpha value is -0.210. The summed E-state index contributed by atoms with van der Waals surface area (Å²) in [5.41, 5.74) is 0. The fourth-order valence-electron chi connectivity index (χ4n) is 0.631. The van der Waals surface area contributed by atoms with Gasteiger partial charge in [0, 0.05) is 6.61 Å². The van der Waals surface area contributed by atoms with Crippen LogP contribution in [0.3, 0.4) is 0 Å². The van der Waals surface area contributed by atoms with Crippen molar-refractivity contribution in [3.63, 3.8) is 0 Å². The van der Waals surface area contributed by atoms with Crippen molar-refractivity contribution in [1.82, 2.24) is 6.15 Å². The van der Waals surface area contributed by atoms with Crippen LogP contribution in [0.15, 0.2) is 0 Å². The van der Waals surface area contributed by atoms with Gasteiger partial charge in [0.05, 0.1) is 6.10 Å². The molecule has 0 aromatic rings. The first kappa shape index (κ1) is 14.3. The van der Waals surface area contributed by atoms with Crippen molar-refractivity contribution in [3.8, 4) is 0 Å². The summed E-state index contributed by atoms with van der Waals surface area (Å²) in [5.74, 6) is 0. The zero-order chi connectivity index (χ0) is 8.91. The third kappa shape index (κ3) is 7.89. The molecule has 0 aliphatic heterocycles. The lowest BCUT2D eigenvalue weighted by Gasteiger charge is -2.16. The normalized spacial score (nSPS) is 13.6. The molecule has 0 fully saturated rings. The Morgan fingerprint density at radius 1 is 1.58 bits per heavy atom. The lowest BCUT2D eigenvalue weighted by molar-refractivity contribution is 0.138. The summed E-state index contributed by atoms with van der Waals surface area (Å²) in [4.78, 5) is 0. The second kappa shape index (κ2) is 6.32. The maximum Gasteiger partial charge on any atom is 0.217 e. The Balaban J connectivity index is 0. The Bertz CT molecular complexity index is 190. The molecule has 0 aliphatic carbocycles. The summed E-state index contributed by atoms with van der Waals surface area (Å²) in [6.45, 7) is 1.49. The number of hydrogen-bond donors (Lipinski definition) is 2. The summed E-state index contributed by atoms with van der Waals surface area (Å²) < 4.78 is 34.1. The van der Waals surface area contributed by atoms with Gasteiger partial charge in [-0.05, 0) is 12.8 Å². The fraction of sp³-hybridized carbons (Fsp3) is 1.00. The number of aliphatic hydroxyl groups excluding tert-OH is 1. The predicted molar refractivity (Wildman–Crippen MR) is 42.5 cm³/mol. The molecular weight excluding hydrogens is 186 g/mol. The molecule has 7 heteroatoms. The maximum atomic E-state index is 10.0. The van der Waals surface area contributed by atoms with Crippen LogP contribution in [0, 0.1) is 0 Å². The molecule has 0 saturated carbocycles. The van der Waals surface area contributed by atoms with E-state index in [4.69, 9.17) is 5.11 Å². The van der Waals surface area contributed by atoms with Crippen molar-refractivity contribution in [2.24, 2.45) is 0 Å². The van der Waals surface area contributed by atoms with Crippen LogP contribution in [0.1, 0.15) is 19.8 Å². The summed E-state index contributed by atoms with van der Waals surface area (Å²) in [6.07, 6.45) is -0.137. The monoisotopic (exact) mass is 201 g/mol. The van der Waals surface area contributed by atoms with Crippen LogP contribution in [0.25, 0.3) is 0 Å². The largest absolute Gasteiger partial charge is 0.726 e. The van der Waals surface area contributed by atoms with Crippen LogP contribution < -0.4 is 6.15 Å². The van der Waals surface area contributed by atoms with E-state index in [1.807, 2.05) is 0 Å². The molecule has 0 bridgehead atoms. The molecule has 0 heterocycles. The minimum atomic E-state index is -4.62. The van der Waals surface area contributed by atoms with E-state index >= 15 is 0 Å². The van der Waals surface area contributed by atoms with Gasteiger partial charge >= 0.3 is 0 Å². The Morgan fingerprint density at radius 2 is 2.08 bits per heavy atom. The molecule has 0 spiro atoms. The van der Waals surface area contributed by atoms with Gasteiger partial charge in [-0.1, -0.05) is 6.92 Å². The number of quaternary nitrogens is 1. The van der Waals surface area contributed by atoms with E-state index in [2.05, 4.69) is 4.18 Å². The molecule has 0 saturated heterocycles. The molecule has 1 unspecified atom stereocenters. The molecule has 6 nitrogen and oxygen atoms in total. The van der Waals surface area contributed by atoms with Gasteiger partial charge in [0.15, 0.2) is 0 Å². The van der Waals surface area contributed by atoms with Gasteiger partial charge in [0.1, 0.15) is 0 Å². The first-order valence-electron chi connectivity index (χ1n) is 3.24. The average Bonchev–Trinajstić information content (AvgIpc) is 1.84. The first-order valence-corrected chi connectivity index (χ1v) is 4.58. The van der Waals surface area contributed by atoms with E-state index in [0.29, 0.717) is 6.42 Å². The molecule has 1 atom stereocenters. The van der Waals surface area contributed by atoms with Crippen molar-refractivity contribution < 1.29 is 22.3 Å². The van der Waals surface area contributed by atoms with Crippen LogP contribution in [0.4, 0.5) is 0 Å². The SMILES string of the molecule is CCC(CCO)OS(=O)(=O)[O-].[NH4+]. The fourth-order valence-corrected chi connectivity index (χ4v) is 1.20. The molecule has 76 valence electrons. The smallest absolute Gasteiger partial charge is 0.217 e. The van der Waals surface area contributed by atoms with Crippen LogP contribution in [-0.2, 0) is 14.6 Å². The van der Waals surface area contributed by atoms with Gasteiger partial charge in [0.2, 0.25) is 10.4 Å². The number of hydrogen-bond acceptors (Lipinski definition) is 5. The van der Waals surface area contributed by atoms with E-state index < -0.39 is 16.5 Å². The summed E-state index contributed by atoms with van der Waals surface area (Å²) in [6, 6.07) is 0. The standard InChI is InChI=1S/C5H12O5S.H3N/c1-2-5(3-4-6)10-11(7,8)9;/h5-6H,2-4H2,1H3,(H,7,8,9);1H3. The van der Waals surface area contributed by atoms with E-state index in [9.17, 15) is 13.0 Å².